The highest BCUT2D eigenvalue weighted by Crippen LogP contribution is 2.23. The number of piperazine rings is 1. The maximum Gasteiger partial charge on any atom is 0.274 e. The van der Waals surface area contributed by atoms with Crippen molar-refractivity contribution < 1.29 is 9.53 Å². The van der Waals surface area contributed by atoms with Crippen molar-refractivity contribution in [2.24, 2.45) is 0 Å². The van der Waals surface area contributed by atoms with Crippen LogP contribution in [0.5, 0.6) is 5.75 Å². The fraction of sp³-hybridized carbons (Fsp3) is 0.269. The number of para-hydroxylation sites is 1. The summed E-state index contributed by atoms with van der Waals surface area (Å²) in [5, 5.41) is 4.57. The fourth-order valence-corrected chi connectivity index (χ4v) is 4.23. The molecule has 0 N–H and O–H groups in total. The molecule has 1 amide bonds. The standard InChI is InChI=1S/C26H27N5O2/c1-3-33-22-11-9-20(10-12-22)23-17-19(2)31-25(27-23)18-24(28-31)26(32)30-15-13-29(14-16-30)21-7-5-4-6-8-21/h4-12,17-18H,3,13-16H2,1-2H3. The Morgan fingerprint density at radius 2 is 1.70 bits per heavy atom. The van der Waals surface area contributed by atoms with Gasteiger partial charge in [-0.15, -0.1) is 0 Å². The lowest BCUT2D eigenvalue weighted by molar-refractivity contribution is 0.0740. The lowest BCUT2D eigenvalue weighted by Crippen LogP contribution is -2.48. The molecule has 33 heavy (non-hydrogen) atoms. The zero-order chi connectivity index (χ0) is 22.8. The van der Waals surface area contributed by atoms with Crippen molar-refractivity contribution in [3.63, 3.8) is 0 Å². The SMILES string of the molecule is CCOc1ccc(-c2cc(C)n3nc(C(=O)N4CCN(c5ccccc5)CC4)cc3n2)cc1. The number of nitrogens with zero attached hydrogens (tertiary/aromatic N) is 5. The van der Waals surface area contributed by atoms with E-state index in [1.165, 1.54) is 5.69 Å². The van der Waals surface area contributed by atoms with Gasteiger partial charge in [-0.1, -0.05) is 18.2 Å². The van der Waals surface area contributed by atoms with Gasteiger partial charge in [-0.2, -0.15) is 5.10 Å². The molecule has 0 atom stereocenters. The Morgan fingerprint density at radius 1 is 0.970 bits per heavy atom. The minimum atomic E-state index is -0.0461. The number of rotatable bonds is 5. The first-order valence-corrected chi connectivity index (χ1v) is 11.3. The molecule has 0 saturated carbocycles. The first-order chi connectivity index (χ1) is 16.1. The second kappa shape index (κ2) is 8.94. The molecule has 0 bridgehead atoms. The Balaban J connectivity index is 1.34. The molecule has 7 nitrogen and oxygen atoms in total. The van der Waals surface area contributed by atoms with Crippen LogP contribution in [-0.4, -0.2) is 58.2 Å². The lowest BCUT2D eigenvalue weighted by atomic mass is 10.1. The number of aryl methyl sites for hydroxylation is 1. The molecule has 0 radical (unpaired) electrons. The smallest absolute Gasteiger partial charge is 0.274 e. The van der Waals surface area contributed by atoms with Crippen LogP contribution in [-0.2, 0) is 0 Å². The predicted octanol–water partition coefficient (Wildman–Crippen LogP) is 4.07. The molecule has 0 unspecified atom stereocenters. The van der Waals surface area contributed by atoms with Gasteiger partial charge in [0, 0.05) is 49.2 Å². The summed E-state index contributed by atoms with van der Waals surface area (Å²) in [7, 11) is 0. The molecule has 1 fully saturated rings. The number of carbonyl (C=O) groups excluding carboxylic acids is 1. The van der Waals surface area contributed by atoms with Crippen molar-refractivity contribution >= 4 is 17.2 Å². The summed E-state index contributed by atoms with van der Waals surface area (Å²) < 4.78 is 7.27. The molecule has 4 aromatic rings. The van der Waals surface area contributed by atoms with Crippen LogP contribution in [0.3, 0.4) is 0 Å². The van der Waals surface area contributed by atoms with Crippen LogP contribution < -0.4 is 9.64 Å². The first-order valence-electron chi connectivity index (χ1n) is 11.3. The average Bonchev–Trinajstić information content (AvgIpc) is 3.30. The largest absolute Gasteiger partial charge is 0.494 e. The normalized spacial score (nSPS) is 14.0. The second-order valence-corrected chi connectivity index (χ2v) is 8.15. The Labute approximate surface area is 193 Å². The number of hydrogen-bond acceptors (Lipinski definition) is 5. The van der Waals surface area contributed by atoms with Crippen LogP contribution in [0.2, 0.25) is 0 Å². The van der Waals surface area contributed by atoms with E-state index in [0.717, 1.165) is 35.8 Å². The monoisotopic (exact) mass is 441 g/mol. The minimum Gasteiger partial charge on any atom is -0.494 e. The first kappa shape index (κ1) is 21.0. The van der Waals surface area contributed by atoms with Gasteiger partial charge in [0.25, 0.3) is 5.91 Å². The summed E-state index contributed by atoms with van der Waals surface area (Å²) in [6.07, 6.45) is 0. The molecule has 5 rings (SSSR count). The highest BCUT2D eigenvalue weighted by molar-refractivity contribution is 5.93. The number of ether oxygens (including phenoxy) is 1. The third-order valence-electron chi connectivity index (χ3n) is 5.97. The number of amides is 1. The van der Waals surface area contributed by atoms with Crippen LogP contribution in [0.25, 0.3) is 16.9 Å². The summed E-state index contributed by atoms with van der Waals surface area (Å²) in [4.78, 5) is 22.1. The molecule has 1 aliphatic heterocycles. The Morgan fingerprint density at radius 3 is 2.39 bits per heavy atom. The van der Waals surface area contributed by atoms with Crippen molar-refractivity contribution in [1.82, 2.24) is 19.5 Å². The van der Waals surface area contributed by atoms with Gasteiger partial charge in [0.2, 0.25) is 0 Å². The van der Waals surface area contributed by atoms with Crippen molar-refractivity contribution in [2.75, 3.05) is 37.7 Å². The Bertz CT molecular complexity index is 1260. The van der Waals surface area contributed by atoms with Crippen molar-refractivity contribution in [3.05, 3.63) is 78.1 Å². The molecule has 0 spiro atoms. The van der Waals surface area contributed by atoms with E-state index in [1.54, 1.807) is 10.6 Å². The van der Waals surface area contributed by atoms with E-state index in [9.17, 15) is 4.79 Å². The van der Waals surface area contributed by atoms with E-state index in [-0.39, 0.29) is 5.91 Å². The quantitative estimate of drug-likeness (QED) is 0.467. The van der Waals surface area contributed by atoms with Crippen molar-refractivity contribution in [2.45, 2.75) is 13.8 Å². The molecule has 168 valence electrons. The number of aromatic nitrogens is 3. The fourth-order valence-electron chi connectivity index (χ4n) is 4.23. The highest BCUT2D eigenvalue weighted by Gasteiger charge is 2.24. The van der Waals surface area contributed by atoms with E-state index < -0.39 is 0 Å². The predicted molar refractivity (Wildman–Crippen MR) is 129 cm³/mol. The van der Waals surface area contributed by atoms with E-state index in [4.69, 9.17) is 9.72 Å². The number of hydrogen-bond donors (Lipinski definition) is 0. The Hall–Kier alpha value is -3.87. The van der Waals surface area contributed by atoms with E-state index in [0.29, 0.717) is 31.0 Å². The summed E-state index contributed by atoms with van der Waals surface area (Å²) >= 11 is 0. The molecule has 1 aliphatic rings. The zero-order valence-corrected chi connectivity index (χ0v) is 18.9. The van der Waals surface area contributed by atoms with Crippen LogP contribution in [0, 0.1) is 6.92 Å². The van der Waals surface area contributed by atoms with Gasteiger partial charge in [-0.25, -0.2) is 9.50 Å². The molecule has 2 aromatic heterocycles. The molecule has 1 saturated heterocycles. The molecular weight excluding hydrogens is 414 g/mol. The number of benzene rings is 2. The van der Waals surface area contributed by atoms with E-state index in [2.05, 4.69) is 22.1 Å². The van der Waals surface area contributed by atoms with Crippen molar-refractivity contribution in [1.29, 1.82) is 0 Å². The van der Waals surface area contributed by atoms with Crippen LogP contribution >= 0.6 is 0 Å². The lowest BCUT2D eigenvalue weighted by Gasteiger charge is -2.35. The minimum absolute atomic E-state index is 0.0461. The maximum atomic E-state index is 13.2. The maximum absolute atomic E-state index is 13.2. The summed E-state index contributed by atoms with van der Waals surface area (Å²) in [6.45, 7) is 7.54. The molecule has 7 heteroatoms. The van der Waals surface area contributed by atoms with Crippen LogP contribution in [0.1, 0.15) is 23.1 Å². The molecule has 2 aromatic carbocycles. The van der Waals surface area contributed by atoms with Gasteiger partial charge in [-0.3, -0.25) is 4.79 Å². The van der Waals surface area contributed by atoms with E-state index >= 15 is 0 Å². The van der Waals surface area contributed by atoms with Gasteiger partial charge in [0.05, 0.1) is 12.3 Å². The molecule has 3 heterocycles. The number of carbonyl (C=O) groups is 1. The van der Waals surface area contributed by atoms with Crippen LogP contribution in [0.4, 0.5) is 5.69 Å². The third-order valence-corrected chi connectivity index (χ3v) is 5.97. The summed E-state index contributed by atoms with van der Waals surface area (Å²) in [6, 6.07) is 22.0. The number of anilines is 1. The average molecular weight is 442 g/mol. The van der Waals surface area contributed by atoms with Crippen LogP contribution in [0.15, 0.2) is 66.7 Å². The summed E-state index contributed by atoms with van der Waals surface area (Å²) in [5.41, 5.74) is 5.07. The van der Waals surface area contributed by atoms with Gasteiger partial charge in [0.1, 0.15) is 5.75 Å². The zero-order valence-electron chi connectivity index (χ0n) is 18.9. The van der Waals surface area contributed by atoms with Gasteiger partial charge >= 0.3 is 0 Å². The van der Waals surface area contributed by atoms with Gasteiger partial charge < -0.3 is 14.5 Å². The third kappa shape index (κ3) is 4.26. The topological polar surface area (TPSA) is 63.0 Å². The highest BCUT2D eigenvalue weighted by atomic mass is 16.5. The molecule has 0 aliphatic carbocycles. The number of fused-ring (bicyclic) bond motifs is 1. The van der Waals surface area contributed by atoms with Gasteiger partial charge in [0.15, 0.2) is 11.3 Å². The van der Waals surface area contributed by atoms with Crippen molar-refractivity contribution in [3.8, 4) is 17.0 Å². The summed E-state index contributed by atoms with van der Waals surface area (Å²) in [5.74, 6) is 0.791. The second-order valence-electron chi connectivity index (χ2n) is 8.15. The van der Waals surface area contributed by atoms with E-state index in [1.807, 2.05) is 67.3 Å². The molecular formula is C26H27N5O2. The Kier molecular flexibility index (Phi) is 5.69. The van der Waals surface area contributed by atoms with Gasteiger partial charge in [-0.05, 0) is 56.3 Å².